The van der Waals surface area contributed by atoms with E-state index in [2.05, 4.69) is 5.32 Å². The average Bonchev–Trinajstić information content (AvgIpc) is 2.38. The number of hydrogen-bond acceptors (Lipinski definition) is 2. The number of nitrogens with one attached hydrogen (secondary N) is 1. The third-order valence-corrected chi connectivity index (χ3v) is 2.74. The van der Waals surface area contributed by atoms with E-state index in [1.807, 2.05) is 44.2 Å². The molecule has 0 bridgehead atoms. The van der Waals surface area contributed by atoms with Crippen LogP contribution in [0.4, 0.5) is 0 Å². The molecule has 0 saturated heterocycles. The van der Waals surface area contributed by atoms with Crippen LogP contribution in [0.5, 0.6) is 0 Å². The number of carbonyl (C=O) groups is 1. The Labute approximate surface area is 109 Å². The van der Waals surface area contributed by atoms with Gasteiger partial charge in [-0.05, 0) is 31.4 Å². The lowest BCUT2D eigenvalue weighted by molar-refractivity contribution is -0.117. The highest BCUT2D eigenvalue weighted by atomic mass is 16.3. The highest BCUT2D eigenvalue weighted by molar-refractivity contribution is 5.97. The summed E-state index contributed by atoms with van der Waals surface area (Å²) in [7, 11) is 0. The normalized spacial score (nSPS) is 13.2. The lowest BCUT2D eigenvalue weighted by Gasteiger charge is -2.09. The summed E-state index contributed by atoms with van der Waals surface area (Å²) in [5.74, 6) is -0.00278. The van der Waals surface area contributed by atoms with E-state index in [1.54, 1.807) is 6.92 Å². The molecule has 1 unspecified atom stereocenters. The number of rotatable bonds is 5. The average molecular weight is 247 g/mol. The molecule has 0 aliphatic heterocycles. The Morgan fingerprint density at radius 1 is 1.39 bits per heavy atom. The van der Waals surface area contributed by atoms with Crippen molar-refractivity contribution in [1.29, 1.82) is 0 Å². The third kappa shape index (κ3) is 4.72. The van der Waals surface area contributed by atoms with E-state index in [1.165, 1.54) is 5.56 Å². The molecule has 3 heteroatoms. The lowest BCUT2D eigenvalue weighted by atomic mass is 10.1. The molecular weight excluding hydrogens is 226 g/mol. The van der Waals surface area contributed by atoms with Crippen LogP contribution < -0.4 is 5.32 Å². The molecule has 0 fully saturated rings. The van der Waals surface area contributed by atoms with E-state index < -0.39 is 0 Å². The number of carbonyl (C=O) groups excluding carboxylic acids is 1. The number of hydrogen-bond donors (Lipinski definition) is 2. The van der Waals surface area contributed by atoms with Crippen LogP contribution in [0.2, 0.25) is 0 Å². The largest absolute Gasteiger partial charge is 0.396 e. The molecule has 98 valence electrons. The van der Waals surface area contributed by atoms with E-state index in [0.717, 1.165) is 5.56 Å². The molecule has 3 nitrogen and oxygen atoms in total. The Morgan fingerprint density at radius 3 is 2.56 bits per heavy atom. The molecule has 1 atom stereocenters. The quantitative estimate of drug-likeness (QED) is 0.783. The standard InChI is InChI=1S/C15H21NO2/c1-11-4-6-14(7-5-11)8-13(3)15(18)16-9-12(2)10-17/h4-8,12,17H,9-10H2,1-3H3,(H,16,18)/b13-8+. The topological polar surface area (TPSA) is 49.3 Å². The van der Waals surface area contributed by atoms with E-state index in [0.29, 0.717) is 12.1 Å². The van der Waals surface area contributed by atoms with Gasteiger partial charge in [0.05, 0.1) is 0 Å². The van der Waals surface area contributed by atoms with Gasteiger partial charge in [0, 0.05) is 18.7 Å². The maximum absolute atomic E-state index is 11.8. The summed E-state index contributed by atoms with van der Waals surface area (Å²) in [6.07, 6.45) is 1.86. The second-order valence-electron chi connectivity index (χ2n) is 4.74. The highest BCUT2D eigenvalue weighted by Crippen LogP contribution is 2.08. The first-order valence-electron chi connectivity index (χ1n) is 6.17. The Kier molecular flexibility index (Phi) is 5.59. The van der Waals surface area contributed by atoms with Crippen LogP contribution in [0, 0.1) is 12.8 Å². The molecule has 0 spiro atoms. The molecule has 0 aliphatic rings. The monoisotopic (exact) mass is 247 g/mol. The smallest absolute Gasteiger partial charge is 0.246 e. The zero-order chi connectivity index (χ0) is 13.5. The fourth-order valence-corrected chi connectivity index (χ4v) is 1.45. The molecular formula is C15H21NO2. The predicted molar refractivity (Wildman–Crippen MR) is 74.1 cm³/mol. The molecule has 0 radical (unpaired) electrons. The maximum atomic E-state index is 11.8. The summed E-state index contributed by atoms with van der Waals surface area (Å²) in [6.45, 7) is 6.29. The lowest BCUT2D eigenvalue weighted by Crippen LogP contribution is -2.29. The highest BCUT2D eigenvalue weighted by Gasteiger charge is 2.06. The Morgan fingerprint density at radius 2 is 2.00 bits per heavy atom. The first kappa shape index (κ1) is 14.5. The van der Waals surface area contributed by atoms with Crippen molar-refractivity contribution in [1.82, 2.24) is 5.32 Å². The first-order chi connectivity index (χ1) is 8.52. The Balaban J connectivity index is 2.60. The summed E-state index contributed by atoms with van der Waals surface area (Å²) in [4.78, 5) is 11.8. The Hall–Kier alpha value is -1.61. The third-order valence-electron chi connectivity index (χ3n) is 2.74. The van der Waals surface area contributed by atoms with Crippen LogP contribution >= 0.6 is 0 Å². The van der Waals surface area contributed by atoms with Crippen molar-refractivity contribution in [3.63, 3.8) is 0 Å². The molecule has 18 heavy (non-hydrogen) atoms. The number of amides is 1. The fraction of sp³-hybridized carbons (Fsp3) is 0.400. The van der Waals surface area contributed by atoms with E-state index in [4.69, 9.17) is 5.11 Å². The van der Waals surface area contributed by atoms with E-state index >= 15 is 0 Å². The van der Waals surface area contributed by atoms with Gasteiger partial charge in [-0.25, -0.2) is 0 Å². The van der Waals surface area contributed by atoms with Crippen LogP contribution in [0.25, 0.3) is 6.08 Å². The molecule has 0 heterocycles. The van der Waals surface area contributed by atoms with Crippen molar-refractivity contribution >= 4 is 12.0 Å². The van der Waals surface area contributed by atoms with Gasteiger partial charge in [-0.1, -0.05) is 36.8 Å². The summed E-state index contributed by atoms with van der Waals surface area (Å²) in [5, 5.41) is 11.7. The molecule has 1 aromatic carbocycles. The molecule has 1 rings (SSSR count). The van der Waals surface area contributed by atoms with Gasteiger partial charge in [0.15, 0.2) is 0 Å². The van der Waals surface area contributed by atoms with Gasteiger partial charge in [-0.15, -0.1) is 0 Å². The molecule has 0 aliphatic carbocycles. The second-order valence-corrected chi connectivity index (χ2v) is 4.74. The van der Waals surface area contributed by atoms with Gasteiger partial charge in [-0.3, -0.25) is 4.79 Å². The number of aliphatic hydroxyl groups excluding tert-OH is 1. The molecule has 0 aromatic heterocycles. The van der Waals surface area contributed by atoms with Crippen LogP contribution in [0.15, 0.2) is 29.8 Å². The van der Waals surface area contributed by atoms with Crippen molar-refractivity contribution in [3.8, 4) is 0 Å². The van der Waals surface area contributed by atoms with Crippen LogP contribution in [0.3, 0.4) is 0 Å². The molecule has 1 amide bonds. The maximum Gasteiger partial charge on any atom is 0.246 e. The minimum absolute atomic E-state index is 0.0843. The van der Waals surface area contributed by atoms with Crippen molar-refractivity contribution in [3.05, 3.63) is 41.0 Å². The van der Waals surface area contributed by atoms with E-state index in [9.17, 15) is 4.79 Å². The van der Waals surface area contributed by atoms with Crippen LogP contribution in [0.1, 0.15) is 25.0 Å². The molecule has 0 saturated carbocycles. The van der Waals surface area contributed by atoms with Gasteiger partial charge in [0.25, 0.3) is 0 Å². The van der Waals surface area contributed by atoms with Crippen molar-refractivity contribution in [2.45, 2.75) is 20.8 Å². The van der Waals surface area contributed by atoms with Crippen molar-refractivity contribution < 1.29 is 9.90 Å². The second kappa shape index (κ2) is 6.97. The summed E-state index contributed by atoms with van der Waals surface area (Å²) in [5.41, 5.74) is 2.89. The zero-order valence-electron chi connectivity index (χ0n) is 11.2. The minimum atomic E-state index is -0.0872. The SMILES string of the molecule is C/C(=C\c1ccc(C)cc1)C(=O)NCC(C)CO. The van der Waals surface area contributed by atoms with Crippen LogP contribution in [-0.2, 0) is 4.79 Å². The van der Waals surface area contributed by atoms with Gasteiger partial charge < -0.3 is 10.4 Å². The van der Waals surface area contributed by atoms with Crippen LogP contribution in [-0.4, -0.2) is 24.2 Å². The zero-order valence-corrected chi connectivity index (χ0v) is 11.2. The molecule has 1 aromatic rings. The van der Waals surface area contributed by atoms with Crippen molar-refractivity contribution in [2.24, 2.45) is 5.92 Å². The number of aryl methyl sites for hydroxylation is 1. The van der Waals surface area contributed by atoms with Gasteiger partial charge in [0.2, 0.25) is 5.91 Å². The number of aliphatic hydroxyl groups is 1. The van der Waals surface area contributed by atoms with Gasteiger partial charge in [0.1, 0.15) is 0 Å². The van der Waals surface area contributed by atoms with Crippen molar-refractivity contribution in [2.75, 3.05) is 13.2 Å². The number of benzene rings is 1. The van der Waals surface area contributed by atoms with Gasteiger partial charge in [-0.2, -0.15) is 0 Å². The van der Waals surface area contributed by atoms with E-state index in [-0.39, 0.29) is 18.4 Å². The fourth-order valence-electron chi connectivity index (χ4n) is 1.45. The predicted octanol–water partition coefficient (Wildman–Crippen LogP) is 2.14. The first-order valence-corrected chi connectivity index (χ1v) is 6.17. The summed E-state index contributed by atoms with van der Waals surface area (Å²) < 4.78 is 0. The Bertz CT molecular complexity index is 421. The minimum Gasteiger partial charge on any atom is -0.396 e. The molecule has 2 N–H and O–H groups in total. The van der Waals surface area contributed by atoms with Gasteiger partial charge >= 0.3 is 0 Å². The summed E-state index contributed by atoms with van der Waals surface area (Å²) in [6, 6.07) is 8.01. The summed E-state index contributed by atoms with van der Waals surface area (Å²) >= 11 is 0.